The summed E-state index contributed by atoms with van der Waals surface area (Å²) in [5.41, 5.74) is 0.578. The summed E-state index contributed by atoms with van der Waals surface area (Å²) in [5, 5.41) is 10.2. The highest BCUT2D eigenvalue weighted by molar-refractivity contribution is 5.93. The fraction of sp³-hybridized carbons (Fsp3) is 0.200. The molecule has 0 aliphatic rings. The molecule has 0 aliphatic heterocycles. The number of hydrogen-bond acceptors (Lipinski definition) is 4. The lowest BCUT2D eigenvalue weighted by Gasteiger charge is -2.08. The van der Waals surface area contributed by atoms with Crippen molar-refractivity contribution in [3.05, 3.63) is 59.3 Å². The first-order chi connectivity index (χ1) is 11.3. The summed E-state index contributed by atoms with van der Waals surface area (Å²) in [6, 6.07) is 5.47. The molecule has 3 aromatic rings. The second kappa shape index (κ2) is 5.91. The summed E-state index contributed by atoms with van der Waals surface area (Å²) in [6.07, 6.45) is -2.13. The highest BCUT2D eigenvalue weighted by Crippen LogP contribution is 2.29. The van der Waals surface area contributed by atoms with Crippen LogP contribution in [0.15, 0.2) is 36.7 Å². The van der Waals surface area contributed by atoms with E-state index >= 15 is 0 Å². The Hall–Kier alpha value is -2.97. The van der Waals surface area contributed by atoms with Crippen LogP contribution in [0.25, 0.3) is 5.65 Å². The first-order valence-corrected chi connectivity index (χ1v) is 6.96. The zero-order valence-corrected chi connectivity index (χ0v) is 12.5. The Morgan fingerprint density at radius 1 is 1.21 bits per heavy atom. The van der Waals surface area contributed by atoms with Gasteiger partial charge in [-0.05, 0) is 31.2 Å². The van der Waals surface area contributed by atoms with Crippen molar-refractivity contribution in [1.29, 1.82) is 0 Å². The predicted octanol–water partition coefficient (Wildman–Crippen LogP) is 2.38. The van der Waals surface area contributed by atoms with Crippen LogP contribution in [0.1, 0.15) is 27.4 Å². The molecular weight excluding hydrogens is 323 g/mol. The van der Waals surface area contributed by atoms with Crippen LogP contribution in [0.3, 0.4) is 0 Å². The molecule has 0 spiro atoms. The van der Waals surface area contributed by atoms with Crippen molar-refractivity contribution in [2.75, 3.05) is 0 Å². The van der Waals surface area contributed by atoms with E-state index in [4.69, 9.17) is 0 Å². The summed E-state index contributed by atoms with van der Waals surface area (Å²) >= 11 is 0. The number of alkyl halides is 3. The molecule has 24 heavy (non-hydrogen) atoms. The number of halogens is 3. The molecule has 0 fully saturated rings. The van der Waals surface area contributed by atoms with Gasteiger partial charge >= 0.3 is 6.18 Å². The van der Waals surface area contributed by atoms with E-state index in [2.05, 4.69) is 20.5 Å². The third kappa shape index (κ3) is 3.19. The van der Waals surface area contributed by atoms with E-state index in [0.717, 1.165) is 18.0 Å². The van der Waals surface area contributed by atoms with Crippen LogP contribution in [-0.4, -0.2) is 25.5 Å². The van der Waals surface area contributed by atoms with E-state index in [1.807, 2.05) is 0 Å². The van der Waals surface area contributed by atoms with Crippen molar-refractivity contribution in [3.8, 4) is 0 Å². The highest BCUT2D eigenvalue weighted by atomic mass is 19.4. The van der Waals surface area contributed by atoms with Gasteiger partial charge in [0.05, 0.1) is 17.7 Å². The Morgan fingerprint density at radius 2 is 2.00 bits per heavy atom. The second-order valence-corrected chi connectivity index (χ2v) is 5.13. The molecule has 3 heterocycles. The summed E-state index contributed by atoms with van der Waals surface area (Å²) < 4.78 is 39.6. The van der Waals surface area contributed by atoms with Crippen LogP contribution >= 0.6 is 0 Å². The number of aromatic nitrogens is 4. The molecule has 0 unspecified atom stereocenters. The minimum atomic E-state index is -4.47. The Bertz CT molecular complexity index is 886. The summed E-state index contributed by atoms with van der Waals surface area (Å²) in [7, 11) is 0. The molecule has 0 aromatic carbocycles. The molecule has 0 atom stereocenters. The Kier molecular flexibility index (Phi) is 3.92. The molecule has 3 aromatic heterocycles. The number of fused-ring (bicyclic) bond motifs is 1. The largest absolute Gasteiger partial charge is 0.417 e. The van der Waals surface area contributed by atoms with E-state index in [9.17, 15) is 18.0 Å². The first kappa shape index (κ1) is 15.9. The number of carbonyl (C=O) groups excluding carboxylic acids is 1. The molecule has 9 heteroatoms. The minimum absolute atomic E-state index is 0.0603. The molecule has 3 rings (SSSR count). The monoisotopic (exact) mass is 335 g/mol. The Balaban J connectivity index is 1.80. The number of nitrogens with zero attached hydrogens (tertiary/aromatic N) is 4. The number of amides is 1. The van der Waals surface area contributed by atoms with Gasteiger partial charge in [0.2, 0.25) is 0 Å². The van der Waals surface area contributed by atoms with Crippen LogP contribution in [0, 0.1) is 6.92 Å². The lowest BCUT2D eigenvalue weighted by Crippen LogP contribution is -2.24. The highest BCUT2D eigenvalue weighted by Gasteiger charge is 2.31. The molecule has 0 aliphatic carbocycles. The standard InChI is InChI=1S/C15H12F3N5O/c1-9-2-3-10(6-19-9)14(24)20-7-13-22-21-12-5-4-11(8-23(12)13)15(16,17)18/h2-6,8H,7H2,1H3,(H,20,24). The summed E-state index contributed by atoms with van der Waals surface area (Å²) in [6.45, 7) is 1.73. The van der Waals surface area contributed by atoms with Gasteiger partial charge in [0.15, 0.2) is 11.5 Å². The molecule has 0 saturated carbocycles. The average molecular weight is 335 g/mol. The lowest BCUT2D eigenvalue weighted by atomic mass is 10.2. The molecule has 1 amide bonds. The Morgan fingerprint density at radius 3 is 2.67 bits per heavy atom. The van der Waals surface area contributed by atoms with Crippen LogP contribution in [0.4, 0.5) is 13.2 Å². The third-order valence-electron chi connectivity index (χ3n) is 3.38. The minimum Gasteiger partial charge on any atom is -0.345 e. The predicted molar refractivity (Wildman–Crippen MR) is 78.1 cm³/mol. The van der Waals surface area contributed by atoms with Gasteiger partial charge in [-0.3, -0.25) is 14.2 Å². The Labute approximate surface area is 134 Å². The van der Waals surface area contributed by atoms with E-state index in [-0.39, 0.29) is 18.0 Å². The fourth-order valence-electron chi connectivity index (χ4n) is 2.09. The molecule has 6 nitrogen and oxygen atoms in total. The van der Waals surface area contributed by atoms with Crippen molar-refractivity contribution in [2.45, 2.75) is 19.6 Å². The topological polar surface area (TPSA) is 72.2 Å². The number of hydrogen-bond donors (Lipinski definition) is 1. The van der Waals surface area contributed by atoms with Gasteiger partial charge in [-0.25, -0.2) is 0 Å². The van der Waals surface area contributed by atoms with Gasteiger partial charge in [0.1, 0.15) is 0 Å². The van der Waals surface area contributed by atoms with Crippen LogP contribution in [-0.2, 0) is 12.7 Å². The van der Waals surface area contributed by atoms with E-state index < -0.39 is 17.6 Å². The second-order valence-electron chi connectivity index (χ2n) is 5.13. The zero-order valence-electron chi connectivity index (χ0n) is 12.5. The maximum atomic E-state index is 12.8. The molecule has 1 N–H and O–H groups in total. The number of nitrogens with one attached hydrogen (secondary N) is 1. The van der Waals surface area contributed by atoms with Gasteiger partial charge in [0.25, 0.3) is 5.91 Å². The molecule has 0 radical (unpaired) electrons. The third-order valence-corrected chi connectivity index (χ3v) is 3.38. The van der Waals surface area contributed by atoms with Crippen LogP contribution in [0.5, 0.6) is 0 Å². The molecule has 0 saturated heterocycles. The smallest absolute Gasteiger partial charge is 0.345 e. The van der Waals surface area contributed by atoms with Crippen molar-refractivity contribution in [2.24, 2.45) is 0 Å². The van der Waals surface area contributed by atoms with E-state index in [0.29, 0.717) is 5.56 Å². The van der Waals surface area contributed by atoms with Gasteiger partial charge < -0.3 is 5.32 Å². The molecule has 0 bridgehead atoms. The lowest BCUT2D eigenvalue weighted by molar-refractivity contribution is -0.137. The number of carbonyl (C=O) groups is 1. The normalized spacial score (nSPS) is 11.7. The number of aryl methyl sites for hydroxylation is 1. The first-order valence-electron chi connectivity index (χ1n) is 6.96. The van der Waals surface area contributed by atoms with Crippen LogP contribution in [0.2, 0.25) is 0 Å². The van der Waals surface area contributed by atoms with Gasteiger partial charge in [-0.1, -0.05) is 0 Å². The van der Waals surface area contributed by atoms with Crippen LogP contribution < -0.4 is 5.32 Å². The zero-order chi connectivity index (χ0) is 17.3. The van der Waals surface area contributed by atoms with Gasteiger partial charge in [0, 0.05) is 18.1 Å². The van der Waals surface area contributed by atoms with Gasteiger partial charge in [-0.15, -0.1) is 10.2 Å². The van der Waals surface area contributed by atoms with E-state index in [1.165, 1.54) is 16.7 Å². The maximum absolute atomic E-state index is 12.8. The fourth-order valence-corrected chi connectivity index (χ4v) is 2.09. The van der Waals surface area contributed by atoms with E-state index in [1.54, 1.807) is 19.1 Å². The average Bonchev–Trinajstić information content (AvgIpc) is 2.95. The summed E-state index contributed by atoms with van der Waals surface area (Å²) in [5.74, 6) is -0.198. The van der Waals surface area contributed by atoms with Gasteiger partial charge in [-0.2, -0.15) is 13.2 Å². The molecular formula is C15H12F3N5O. The summed E-state index contributed by atoms with van der Waals surface area (Å²) in [4.78, 5) is 16.0. The maximum Gasteiger partial charge on any atom is 0.417 e. The van der Waals surface area contributed by atoms with Crippen molar-refractivity contribution in [1.82, 2.24) is 24.9 Å². The number of pyridine rings is 2. The quantitative estimate of drug-likeness (QED) is 0.798. The van der Waals surface area contributed by atoms with Crippen molar-refractivity contribution >= 4 is 11.6 Å². The SMILES string of the molecule is Cc1ccc(C(=O)NCc2nnc3ccc(C(F)(F)F)cn23)cn1. The number of rotatable bonds is 3. The van der Waals surface area contributed by atoms with Crippen molar-refractivity contribution < 1.29 is 18.0 Å². The van der Waals surface area contributed by atoms with Crippen molar-refractivity contribution in [3.63, 3.8) is 0 Å². The molecule has 124 valence electrons.